The van der Waals surface area contributed by atoms with Crippen molar-refractivity contribution in [2.75, 3.05) is 0 Å². The number of hydrogen-bond donors (Lipinski definition) is 2. The van der Waals surface area contributed by atoms with E-state index in [0.717, 1.165) is 29.0 Å². The van der Waals surface area contributed by atoms with Crippen molar-refractivity contribution in [3.8, 4) is 0 Å². The summed E-state index contributed by atoms with van der Waals surface area (Å²) in [5, 5.41) is 2.97. The summed E-state index contributed by atoms with van der Waals surface area (Å²) < 4.78 is 2.02. The third kappa shape index (κ3) is 4.41. The molecule has 2 N–H and O–H groups in total. The number of H-pyrrole nitrogens is 1. The lowest BCUT2D eigenvalue weighted by Crippen LogP contribution is -2.23. The van der Waals surface area contributed by atoms with Gasteiger partial charge in [-0.1, -0.05) is 36.4 Å². The van der Waals surface area contributed by atoms with Crippen LogP contribution in [0.15, 0.2) is 67.3 Å². The van der Waals surface area contributed by atoms with Crippen LogP contribution in [0.25, 0.3) is 11.0 Å². The van der Waals surface area contributed by atoms with Crippen LogP contribution in [0.3, 0.4) is 0 Å². The molecule has 1 amide bonds. The molecule has 2 aromatic carbocycles. The summed E-state index contributed by atoms with van der Waals surface area (Å²) in [6.45, 7) is 1.33. The number of nitrogens with one attached hydrogen (secondary N) is 2. The van der Waals surface area contributed by atoms with Crippen LogP contribution in [0.1, 0.15) is 23.4 Å². The number of aromatic nitrogens is 4. The Kier molecular flexibility index (Phi) is 4.96. The summed E-state index contributed by atoms with van der Waals surface area (Å²) in [5.74, 6) is 0.869. The Balaban J connectivity index is 1.25. The number of para-hydroxylation sites is 2. The Morgan fingerprint density at radius 1 is 1.07 bits per heavy atom. The molecule has 136 valence electrons. The second kappa shape index (κ2) is 7.86. The Morgan fingerprint density at radius 3 is 2.67 bits per heavy atom. The van der Waals surface area contributed by atoms with Crippen LogP contribution < -0.4 is 5.32 Å². The molecule has 0 fully saturated rings. The number of nitrogens with zero attached hydrogens (tertiary/aromatic N) is 3. The van der Waals surface area contributed by atoms with Gasteiger partial charge in [0.1, 0.15) is 5.82 Å². The number of aromatic amines is 1. The summed E-state index contributed by atoms with van der Waals surface area (Å²) in [6.07, 6.45) is 6.53. The molecule has 6 heteroatoms. The number of aryl methyl sites for hydroxylation is 1. The third-order valence-electron chi connectivity index (χ3n) is 4.46. The first-order valence-corrected chi connectivity index (χ1v) is 9.00. The fraction of sp³-hybridized carbons (Fsp3) is 0.190. The molecule has 0 aliphatic rings. The molecule has 2 heterocycles. The zero-order chi connectivity index (χ0) is 18.5. The molecule has 0 spiro atoms. The van der Waals surface area contributed by atoms with Gasteiger partial charge in [-0.2, -0.15) is 0 Å². The molecular formula is C21H21N5O. The fourth-order valence-corrected chi connectivity index (χ4v) is 3.00. The number of imidazole rings is 2. The maximum absolute atomic E-state index is 12.1. The molecule has 0 bridgehead atoms. The summed E-state index contributed by atoms with van der Waals surface area (Å²) in [7, 11) is 0. The predicted molar refractivity (Wildman–Crippen MR) is 104 cm³/mol. The number of fused-ring (bicyclic) bond motifs is 1. The van der Waals surface area contributed by atoms with Crippen molar-refractivity contribution in [1.82, 2.24) is 24.8 Å². The predicted octanol–water partition coefficient (Wildman–Crippen LogP) is 3.06. The highest BCUT2D eigenvalue weighted by Crippen LogP contribution is 2.11. The van der Waals surface area contributed by atoms with Crippen molar-refractivity contribution in [2.24, 2.45) is 0 Å². The van der Waals surface area contributed by atoms with Gasteiger partial charge in [0, 0.05) is 38.3 Å². The van der Waals surface area contributed by atoms with Crippen LogP contribution in [0, 0.1) is 0 Å². The number of carbonyl (C=O) groups excluding carboxylic acids is 1. The van der Waals surface area contributed by atoms with E-state index in [1.807, 2.05) is 47.2 Å². The second-order valence-corrected chi connectivity index (χ2v) is 6.53. The topological polar surface area (TPSA) is 75.6 Å². The van der Waals surface area contributed by atoms with Crippen LogP contribution in [0.4, 0.5) is 0 Å². The van der Waals surface area contributed by atoms with Gasteiger partial charge in [-0.3, -0.25) is 4.79 Å². The molecular weight excluding hydrogens is 338 g/mol. The molecule has 4 aromatic rings. The summed E-state index contributed by atoms with van der Waals surface area (Å²) >= 11 is 0. The first-order chi connectivity index (χ1) is 13.3. The van der Waals surface area contributed by atoms with Gasteiger partial charge in [0.05, 0.1) is 17.4 Å². The molecule has 0 saturated carbocycles. The Labute approximate surface area is 157 Å². The molecule has 0 saturated heterocycles. The van der Waals surface area contributed by atoms with Crippen molar-refractivity contribution in [3.05, 3.63) is 84.2 Å². The monoisotopic (exact) mass is 359 g/mol. The van der Waals surface area contributed by atoms with Gasteiger partial charge >= 0.3 is 0 Å². The van der Waals surface area contributed by atoms with Gasteiger partial charge in [0.25, 0.3) is 0 Å². The molecule has 0 unspecified atom stereocenters. The number of amides is 1. The number of rotatable bonds is 7. The van der Waals surface area contributed by atoms with Gasteiger partial charge in [0.2, 0.25) is 5.91 Å². The van der Waals surface area contributed by atoms with Gasteiger partial charge in [-0.25, -0.2) is 9.97 Å². The molecule has 0 aliphatic heterocycles. The van der Waals surface area contributed by atoms with Crippen LogP contribution in [0.2, 0.25) is 0 Å². The Morgan fingerprint density at radius 2 is 1.89 bits per heavy atom. The molecule has 0 atom stereocenters. The summed E-state index contributed by atoms with van der Waals surface area (Å²) in [4.78, 5) is 23.9. The normalized spacial score (nSPS) is 11.0. The zero-order valence-corrected chi connectivity index (χ0v) is 14.9. The van der Waals surface area contributed by atoms with E-state index in [9.17, 15) is 4.79 Å². The Bertz CT molecular complexity index is 985. The van der Waals surface area contributed by atoms with E-state index in [-0.39, 0.29) is 5.91 Å². The van der Waals surface area contributed by atoms with Crippen molar-refractivity contribution in [1.29, 1.82) is 0 Å². The smallest absolute Gasteiger partial charge is 0.220 e. The molecule has 2 aromatic heterocycles. The van der Waals surface area contributed by atoms with E-state index >= 15 is 0 Å². The first-order valence-electron chi connectivity index (χ1n) is 9.00. The highest BCUT2D eigenvalue weighted by molar-refractivity contribution is 5.77. The lowest BCUT2D eigenvalue weighted by Gasteiger charge is -2.07. The highest BCUT2D eigenvalue weighted by atomic mass is 16.1. The lowest BCUT2D eigenvalue weighted by molar-refractivity contribution is -0.121. The SMILES string of the molecule is O=C(CCc1nc2ccccc2[nH]1)NCc1ccc(Cn2ccnc2)cc1. The van der Waals surface area contributed by atoms with Gasteiger partial charge in [-0.15, -0.1) is 0 Å². The minimum absolute atomic E-state index is 0.0259. The number of benzene rings is 2. The molecule has 0 aliphatic carbocycles. The van der Waals surface area contributed by atoms with Crippen molar-refractivity contribution < 1.29 is 4.79 Å². The zero-order valence-electron chi connectivity index (χ0n) is 14.9. The van der Waals surface area contributed by atoms with Crippen molar-refractivity contribution in [3.63, 3.8) is 0 Å². The van der Waals surface area contributed by atoms with Gasteiger partial charge in [0.15, 0.2) is 0 Å². The van der Waals surface area contributed by atoms with Crippen LogP contribution >= 0.6 is 0 Å². The molecule has 27 heavy (non-hydrogen) atoms. The second-order valence-electron chi connectivity index (χ2n) is 6.53. The third-order valence-corrected chi connectivity index (χ3v) is 4.46. The van der Waals surface area contributed by atoms with E-state index in [0.29, 0.717) is 19.4 Å². The minimum Gasteiger partial charge on any atom is -0.352 e. The van der Waals surface area contributed by atoms with Crippen molar-refractivity contribution in [2.45, 2.75) is 25.9 Å². The standard InChI is InChI=1S/C21H21N5O/c27-21(10-9-20-24-18-3-1-2-4-19(18)25-20)23-13-16-5-7-17(8-6-16)14-26-12-11-22-15-26/h1-8,11-12,15H,9-10,13-14H2,(H,23,27)(H,24,25). The molecule has 6 nitrogen and oxygen atoms in total. The average Bonchev–Trinajstić information content (AvgIpc) is 3.35. The maximum Gasteiger partial charge on any atom is 0.220 e. The molecule has 0 radical (unpaired) electrons. The van der Waals surface area contributed by atoms with Crippen LogP contribution in [-0.2, 0) is 24.3 Å². The van der Waals surface area contributed by atoms with Crippen molar-refractivity contribution >= 4 is 16.9 Å². The van der Waals surface area contributed by atoms with E-state index in [1.54, 1.807) is 12.5 Å². The van der Waals surface area contributed by atoms with E-state index < -0.39 is 0 Å². The summed E-state index contributed by atoms with van der Waals surface area (Å²) in [5.41, 5.74) is 4.22. The van der Waals surface area contributed by atoms with Crippen LogP contribution in [-0.4, -0.2) is 25.4 Å². The number of carbonyl (C=O) groups is 1. The quantitative estimate of drug-likeness (QED) is 0.532. The average molecular weight is 359 g/mol. The Hall–Kier alpha value is -3.41. The van der Waals surface area contributed by atoms with E-state index in [2.05, 4.69) is 32.4 Å². The highest BCUT2D eigenvalue weighted by Gasteiger charge is 2.06. The largest absolute Gasteiger partial charge is 0.352 e. The molecule has 4 rings (SSSR count). The first kappa shape index (κ1) is 17.0. The van der Waals surface area contributed by atoms with Gasteiger partial charge in [-0.05, 0) is 23.3 Å². The van der Waals surface area contributed by atoms with Gasteiger partial charge < -0.3 is 14.9 Å². The van der Waals surface area contributed by atoms with Crippen LogP contribution in [0.5, 0.6) is 0 Å². The number of hydrogen-bond acceptors (Lipinski definition) is 3. The minimum atomic E-state index is 0.0259. The maximum atomic E-state index is 12.1. The fourth-order valence-electron chi connectivity index (χ4n) is 3.00. The van der Waals surface area contributed by atoms with E-state index in [4.69, 9.17) is 0 Å². The lowest BCUT2D eigenvalue weighted by atomic mass is 10.1. The van der Waals surface area contributed by atoms with E-state index in [1.165, 1.54) is 5.56 Å². The summed E-state index contributed by atoms with van der Waals surface area (Å²) in [6, 6.07) is 16.1.